The Kier molecular flexibility index (Phi) is 11.2. The van der Waals surface area contributed by atoms with Crippen LogP contribution in [0.25, 0.3) is 66.5 Å². The monoisotopic (exact) mass is 1040 g/mol. The molecule has 0 spiro atoms. The van der Waals surface area contributed by atoms with Crippen LogP contribution >= 0.6 is 47.8 Å². The number of aromatic amines is 3. The van der Waals surface area contributed by atoms with E-state index in [4.69, 9.17) is 0 Å². The molecule has 0 bridgehead atoms. The van der Waals surface area contributed by atoms with E-state index in [1.54, 1.807) is 0 Å². The quantitative estimate of drug-likeness (QED) is 0.130. The van der Waals surface area contributed by atoms with Crippen molar-refractivity contribution in [1.29, 1.82) is 0 Å². The number of aliphatic imine (C=N–C) groups is 3. The summed E-state index contributed by atoms with van der Waals surface area (Å²) in [7, 11) is 0. The molecule has 0 atom stereocenters. The molecule has 3 aromatic heterocycles. The van der Waals surface area contributed by atoms with Gasteiger partial charge < -0.3 is 30.3 Å². The van der Waals surface area contributed by atoms with Gasteiger partial charge in [0.1, 0.15) is 0 Å². The Morgan fingerprint density at radius 1 is 0.393 bits per heavy atom. The number of hydrogen-bond acceptors (Lipinski definition) is 6. The fourth-order valence-electron chi connectivity index (χ4n) is 8.22. The van der Waals surface area contributed by atoms with E-state index in [0.717, 1.165) is 114 Å². The molecule has 61 heavy (non-hydrogen) atoms. The van der Waals surface area contributed by atoms with Gasteiger partial charge in [0.05, 0.1) is 34.1 Å². The molecule has 13 heteroatoms. The van der Waals surface area contributed by atoms with Gasteiger partial charge in [0.25, 0.3) is 0 Å². The summed E-state index contributed by atoms with van der Waals surface area (Å²) in [6, 6.07) is 41.5. The molecule has 0 fully saturated rings. The molecule has 0 unspecified atom stereocenters. The van der Waals surface area contributed by atoms with Gasteiger partial charge >= 0.3 is 19.8 Å². The maximum atomic E-state index is 12.0. The number of nitrogens with one attached hydrogen (secondary N) is 3. The van der Waals surface area contributed by atoms with E-state index in [0.29, 0.717) is 19.3 Å². The number of aromatic nitrogens is 3. The maximum Gasteiger partial charge on any atom is 3.00 e. The number of fused-ring (bicyclic) bond motifs is 15. The second-order valence-corrected chi connectivity index (χ2v) is 17.4. The number of benzene rings is 6. The van der Waals surface area contributed by atoms with Crippen molar-refractivity contribution >= 4 is 135 Å². The summed E-state index contributed by atoms with van der Waals surface area (Å²) in [5.41, 5.74) is 14.4. The zero-order chi connectivity index (χ0) is 41.1. The molecule has 0 saturated carbocycles. The van der Waals surface area contributed by atoms with Gasteiger partial charge in [0.2, 0.25) is 0 Å². The second-order valence-electron chi connectivity index (χ2n) is 14.6. The third kappa shape index (κ3) is 7.81. The third-order valence-corrected chi connectivity index (χ3v) is 12.3. The summed E-state index contributed by atoms with van der Waals surface area (Å²) in [4.78, 5) is 22.8. The molecule has 0 radical (unpaired) electrons. The first kappa shape index (κ1) is 40.8. The summed E-state index contributed by atoms with van der Waals surface area (Å²) in [6.07, 6.45) is 1.00. The number of H-pyrrole nitrogens is 3. The molecule has 0 amide bonds. The first-order valence-electron chi connectivity index (χ1n) is 19.1. The van der Waals surface area contributed by atoms with E-state index in [9.17, 15) is 15.3 Å². The van der Waals surface area contributed by atoms with Crippen LogP contribution in [0.5, 0.6) is 0 Å². The molecule has 0 aliphatic carbocycles. The molecule has 0 saturated heterocycles. The van der Waals surface area contributed by atoms with Crippen molar-refractivity contribution in [1.82, 2.24) is 15.0 Å². The molecule has 3 N–H and O–H groups in total. The maximum absolute atomic E-state index is 12.0. The molecule has 3 aliphatic rings. The summed E-state index contributed by atoms with van der Waals surface area (Å²) < 4.78 is 3.02. The number of hydrogen-bond donors (Lipinski definition) is 3. The first-order chi connectivity index (χ1) is 29.2. The van der Waals surface area contributed by atoms with Gasteiger partial charge in [-0.05, 0) is 107 Å². The average Bonchev–Trinajstić information content (AvgIpc) is 3.78. The molecule has 9 aromatic rings. The van der Waals surface area contributed by atoms with E-state index in [-0.39, 0.29) is 37.5 Å². The van der Waals surface area contributed by atoms with Gasteiger partial charge in [-0.15, -0.1) is 0 Å². The molecule has 6 aromatic carbocycles. The van der Waals surface area contributed by atoms with Crippen LogP contribution in [0.15, 0.2) is 156 Å². The average molecular weight is 1050 g/mol. The number of nitrogens with zero attached hydrogens (tertiary/aromatic N) is 3. The Morgan fingerprint density at radius 2 is 0.672 bits per heavy atom. The van der Waals surface area contributed by atoms with Gasteiger partial charge in [-0.25, -0.2) is 0 Å². The Labute approximate surface area is 387 Å². The summed E-state index contributed by atoms with van der Waals surface area (Å²) >= 11 is 10.5. The molecule has 9 nitrogen and oxygen atoms in total. The summed E-state index contributed by atoms with van der Waals surface area (Å²) in [6.45, 7) is 0. The number of halogens is 3. The van der Waals surface area contributed by atoms with Gasteiger partial charge in [0, 0.05) is 82.1 Å². The summed E-state index contributed by atoms with van der Waals surface area (Å²) in [5, 5.41) is 39.4. The molecule has 294 valence electrons. The molecule has 6 heterocycles. The Balaban J connectivity index is 0.000000116. The standard InChI is InChI=1S/3C16H11BrN2O.Ga/c3*17-9-5-6-14-11(7-9)12-8-15(20)18-13-4-2-1-3-10(13)16(12)19-14;/h3*1-7,19H,8H2,(H,18,20);/q;;;+3/p-3. The van der Waals surface area contributed by atoms with Crippen molar-refractivity contribution in [3.05, 3.63) is 158 Å². The smallest absolute Gasteiger partial charge is 0.861 e. The van der Waals surface area contributed by atoms with Crippen LogP contribution in [-0.4, -0.2) is 52.4 Å². The predicted molar refractivity (Wildman–Crippen MR) is 252 cm³/mol. The largest absolute Gasteiger partial charge is 3.00 e. The Bertz CT molecular complexity index is 2950. The van der Waals surface area contributed by atoms with Gasteiger partial charge in [0.15, 0.2) is 0 Å². The predicted octanol–water partition coefficient (Wildman–Crippen LogP) is 10.3. The number of rotatable bonds is 0. The molecule has 3 aliphatic heterocycles. The van der Waals surface area contributed by atoms with Crippen molar-refractivity contribution in [3.63, 3.8) is 0 Å². The van der Waals surface area contributed by atoms with Crippen molar-refractivity contribution < 1.29 is 15.3 Å². The zero-order valence-corrected chi connectivity index (χ0v) is 39.2. The van der Waals surface area contributed by atoms with Gasteiger partial charge in [-0.1, -0.05) is 102 Å². The minimum Gasteiger partial charge on any atom is -0.861 e. The topological polar surface area (TPSA) is 154 Å². The van der Waals surface area contributed by atoms with E-state index in [2.05, 4.69) is 77.7 Å². The minimum absolute atomic E-state index is 0. The van der Waals surface area contributed by atoms with E-state index in [1.165, 1.54) is 0 Å². The van der Waals surface area contributed by atoms with Crippen LogP contribution in [0.3, 0.4) is 0 Å². The molecular formula is C48H30Br3GaN6O3. The normalized spacial score (nSPS) is 13.3. The molecule has 12 rings (SSSR count). The summed E-state index contributed by atoms with van der Waals surface area (Å²) in [5.74, 6) is -0.300. The van der Waals surface area contributed by atoms with Crippen molar-refractivity contribution in [3.8, 4) is 33.8 Å². The van der Waals surface area contributed by atoms with Crippen molar-refractivity contribution in [2.24, 2.45) is 15.0 Å². The van der Waals surface area contributed by atoms with Crippen LogP contribution < -0.4 is 15.3 Å². The Hall–Kier alpha value is -5.57. The van der Waals surface area contributed by atoms with Gasteiger partial charge in [-0.2, -0.15) is 0 Å². The van der Waals surface area contributed by atoms with Crippen LogP contribution in [0.2, 0.25) is 0 Å². The van der Waals surface area contributed by atoms with E-state index < -0.39 is 0 Å². The molecular weight excluding hydrogens is 1020 g/mol. The SMILES string of the molecule is [Ga+3].[O-]C1=Nc2ccccc2-c2[nH]c3ccc(Br)cc3c2C1.[O-]C1=Nc2ccccc2-c2[nH]c3ccc(Br)cc3c2C1.[O-]C1=Nc2ccccc2-c2[nH]c3ccc(Br)cc3c2C1. The number of para-hydroxylation sites is 3. The van der Waals surface area contributed by atoms with Crippen molar-refractivity contribution in [2.75, 3.05) is 0 Å². The van der Waals surface area contributed by atoms with Crippen LogP contribution in [0, 0.1) is 0 Å². The zero-order valence-electron chi connectivity index (χ0n) is 32.0. The van der Waals surface area contributed by atoms with Crippen LogP contribution in [-0.2, 0) is 19.3 Å². The second kappa shape index (κ2) is 16.7. The third-order valence-electron chi connectivity index (χ3n) is 10.8. The van der Waals surface area contributed by atoms with Crippen LogP contribution in [0.1, 0.15) is 16.7 Å². The van der Waals surface area contributed by atoms with Gasteiger partial charge in [-0.3, -0.25) is 15.0 Å². The fourth-order valence-corrected chi connectivity index (χ4v) is 9.31. The Morgan fingerprint density at radius 3 is 0.967 bits per heavy atom. The van der Waals surface area contributed by atoms with Crippen LogP contribution in [0.4, 0.5) is 17.1 Å². The van der Waals surface area contributed by atoms with Crippen molar-refractivity contribution in [2.45, 2.75) is 19.3 Å². The first-order valence-corrected chi connectivity index (χ1v) is 21.5. The van der Waals surface area contributed by atoms with E-state index >= 15 is 0 Å². The minimum atomic E-state index is -0.0999. The van der Waals surface area contributed by atoms with E-state index in [1.807, 2.05) is 127 Å². The fraction of sp³-hybridized carbons (Fsp3) is 0.0625.